The molecule has 0 radical (unpaired) electrons. The van der Waals surface area contributed by atoms with Crippen molar-refractivity contribution in [3.63, 3.8) is 0 Å². The first kappa shape index (κ1) is 20.1. The fourth-order valence-electron chi connectivity index (χ4n) is 2.86. The fraction of sp³-hybridized carbons (Fsp3) is 0.300. The molecule has 0 amide bonds. The Kier molecular flexibility index (Phi) is 5.64. The van der Waals surface area contributed by atoms with Gasteiger partial charge >= 0.3 is 11.9 Å². The molecule has 0 heterocycles. The number of rotatable bonds is 4. The third-order valence-electron chi connectivity index (χ3n) is 4.40. The van der Waals surface area contributed by atoms with Crippen LogP contribution >= 0.6 is 0 Å². The third kappa shape index (κ3) is 3.53. The number of hydrogen-bond acceptors (Lipinski definition) is 7. The normalized spacial score (nSPS) is 10.4. The van der Waals surface area contributed by atoms with Crippen LogP contribution in [0.2, 0.25) is 0 Å². The molecule has 2 aromatic rings. The van der Waals surface area contributed by atoms with Gasteiger partial charge in [0.05, 0.1) is 14.2 Å². The van der Waals surface area contributed by atoms with Crippen molar-refractivity contribution in [1.29, 1.82) is 0 Å². The van der Waals surface area contributed by atoms with Crippen molar-refractivity contribution in [2.75, 3.05) is 14.2 Å². The van der Waals surface area contributed by atoms with Gasteiger partial charge in [0.2, 0.25) is 0 Å². The van der Waals surface area contributed by atoms with Gasteiger partial charge in [0, 0.05) is 11.1 Å². The molecule has 27 heavy (non-hydrogen) atoms. The molecule has 144 valence electrons. The Morgan fingerprint density at radius 3 is 2.00 bits per heavy atom. The highest BCUT2D eigenvalue weighted by molar-refractivity contribution is 5.98. The summed E-state index contributed by atoms with van der Waals surface area (Å²) in [5.74, 6) is -1.38. The number of methoxy groups -OCH3 is 2. The van der Waals surface area contributed by atoms with E-state index in [1.54, 1.807) is 20.8 Å². The fourth-order valence-corrected chi connectivity index (χ4v) is 2.86. The molecular weight excluding hydrogens is 352 g/mol. The minimum Gasteiger partial charge on any atom is -0.508 e. The molecule has 0 aliphatic rings. The zero-order chi connectivity index (χ0) is 20.5. The van der Waals surface area contributed by atoms with Crippen LogP contribution in [-0.4, -0.2) is 36.4 Å². The predicted octanol–water partition coefficient (Wildman–Crippen LogP) is 3.35. The van der Waals surface area contributed by atoms with Gasteiger partial charge in [-0.15, -0.1) is 0 Å². The van der Waals surface area contributed by atoms with Crippen LogP contribution in [0.4, 0.5) is 0 Å². The molecule has 0 saturated carbocycles. The minimum atomic E-state index is -0.708. The smallest absolute Gasteiger partial charge is 0.347 e. The maximum Gasteiger partial charge on any atom is 0.347 e. The monoisotopic (exact) mass is 374 g/mol. The Hall–Kier alpha value is -3.22. The van der Waals surface area contributed by atoms with E-state index < -0.39 is 11.9 Å². The molecule has 0 aliphatic heterocycles. The Morgan fingerprint density at radius 2 is 1.44 bits per heavy atom. The second-order valence-corrected chi connectivity index (χ2v) is 6.17. The number of aromatic hydroxyl groups is 2. The third-order valence-corrected chi connectivity index (χ3v) is 4.40. The summed E-state index contributed by atoms with van der Waals surface area (Å²) in [6.07, 6.45) is 0. The molecule has 7 nitrogen and oxygen atoms in total. The van der Waals surface area contributed by atoms with Gasteiger partial charge in [-0.3, -0.25) is 0 Å². The lowest BCUT2D eigenvalue weighted by Gasteiger charge is -2.17. The lowest BCUT2D eigenvalue weighted by molar-refractivity contribution is 0.0596. The topological polar surface area (TPSA) is 102 Å². The maximum atomic E-state index is 12.8. The molecule has 0 atom stereocenters. The van der Waals surface area contributed by atoms with Gasteiger partial charge < -0.3 is 24.4 Å². The van der Waals surface area contributed by atoms with Crippen LogP contribution in [0.3, 0.4) is 0 Å². The summed E-state index contributed by atoms with van der Waals surface area (Å²) < 4.78 is 15.4. The molecule has 0 unspecified atom stereocenters. The Morgan fingerprint density at radius 1 is 0.852 bits per heavy atom. The second kappa shape index (κ2) is 7.57. The van der Waals surface area contributed by atoms with E-state index in [0.717, 1.165) is 0 Å². The minimum absolute atomic E-state index is 0.00741. The van der Waals surface area contributed by atoms with E-state index in [0.29, 0.717) is 16.7 Å². The van der Waals surface area contributed by atoms with Gasteiger partial charge in [0.25, 0.3) is 0 Å². The van der Waals surface area contributed by atoms with Gasteiger partial charge in [0.15, 0.2) is 0 Å². The molecule has 0 saturated heterocycles. The lowest BCUT2D eigenvalue weighted by Crippen LogP contribution is -2.14. The molecule has 0 bridgehead atoms. The van der Waals surface area contributed by atoms with Gasteiger partial charge in [0.1, 0.15) is 34.1 Å². The Bertz CT molecular complexity index is 929. The molecule has 2 N–H and O–H groups in total. The molecule has 0 spiro atoms. The van der Waals surface area contributed by atoms with Gasteiger partial charge in [-0.2, -0.15) is 0 Å². The number of benzene rings is 2. The van der Waals surface area contributed by atoms with Crippen molar-refractivity contribution >= 4 is 11.9 Å². The number of hydrogen-bond donors (Lipinski definition) is 2. The van der Waals surface area contributed by atoms with Gasteiger partial charge in [-0.1, -0.05) is 0 Å². The number of carbonyl (C=O) groups excluding carboxylic acids is 2. The highest BCUT2D eigenvalue weighted by Crippen LogP contribution is 2.37. The van der Waals surface area contributed by atoms with E-state index >= 15 is 0 Å². The number of phenols is 2. The first-order valence-electron chi connectivity index (χ1n) is 8.14. The summed E-state index contributed by atoms with van der Waals surface area (Å²) in [5, 5.41) is 20.3. The van der Waals surface area contributed by atoms with Crippen molar-refractivity contribution in [1.82, 2.24) is 0 Å². The van der Waals surface area contributed by atoms with E-state index in [1.165, 1.54) is 33.3 Å². The summed E-state index contributed by atoms with van der Waals surface area (Å²) in [4.78, 5) is 24.6. The summed E-state index contributed by atoms with van der Waals surface area (Å²) >= 11 is 0. The zero-order valence-corrected chi connectivity index (χ0v) is 16.1. The number of esters is 2. The van der Waals surface area contributed by atoms with Crippen LogP contribution in [0, 0.1) is 27.7 Å². The predicted molar refractivity (Wildman–Crippen MR) is 98.0 cm³/mol. The first-order valence-corrected chi connectivity index (χ1v) is 8.14. The summed E-state index contributed by atoms with van der Waals surface area (Å²) in [6.45, 7) is 6.39. The van der Waals surface area contributed by atoms with Crippen LogP contribution in [0.1, 0.15) is 43.0 Å². The van der Waals surface area contributed by atoms with Crippen LogP contribution in [0.5, 0.6) is 23.0 Å². The summed E-state index contributed by atoms with van der Waals surface area (Å²) in [5.41, 5.74) is 1.70. The molecular formula is C20H22O7. The highest BCUT2D eigenvalue weighted by Gasteiger charge is 2.25. The Labute approximate surface area is 157 Å². The molecule has 0 fully saturated rings. The van der Waals surface area contributed by atoms with Crippen molar-refractivity contribution in [3.8, 4) is 23.0 Å². The summed E-state index contributed by atoms with van der Waals surface area (Å²) in [6, 6.07) is 2.93. The quantitative estimate of drug-likeness (QED) is 0.625. The van der Waals surface area contributed by atoms with Crippen LogP contribution in [0.25, 0.3) is 0 Å². The molecule has 0 aliphatic carbocycles. The molecule has 7 heteroatoms. The van der Waals surface area contributed by atoms with Crippen LogP contribution < -0.4 is 9.47 Å². The van der Waals surface area contributed by atoms with Crippen molar-refractivity contribution < 1.29 is 34.0 Å². The average Bonchev–Trinajstić information content (AvgIpc) is 2.61. The Balaban J connectivity index is 2.52. The lowest BCUT2D eigenvalue weighted by atomic mass is 10.0. The summed E-state index contributed by atoms with van der Waals surface area (Å²) in [7, 11) is 2.61. The first-order chi connectivity index (χ1) is 12.6. The maximum absolute atomic E-state index is 12.8. The second-order valence-electron chi connectivity index (χ2n) is 6.17. The molecule has 0 aromatic heterocycles. The largest absolute Gasteiger partial charge is 0.508 e. The number of carbonyl (C=O) groups is 2. The van der Waals surface area contributed by atoms with E-state index in [-0.39, 0.29) is 39.7 Å². The molecule has 2 rings (SSSR count). The number of phenolic OH excluding ortho intramolecular Hbond substituents is 2. The van der Waals surface area contributed by atoms with Crippen LogP contribution in [-0.2, 0) is 4.74 Å². The zero-order valence-electron chi connectivity index (χ0n) is 16.1. The average molecular weight is 374 g/mol. The van der Waals surface area contributed by atoms with Gasteiger partial charge in [-0.05, 0) is 51.0 Å². The van der Waals surface area contributed by atoms with Gasteiger partial charge in [-0.25, -0.2) is 9.59 Å². The van der Waals surface area contributed by atoms with Crippen molar-refractivity contribution in [3.05, 3.63) is 45.5 Å². The van der Waals surface area contributed by atoms with E-state index in [2.05, 4.69) is 4.74 Å². The SMILES string of the molecule is COC(=O)c1c(C)cc(OC(=O)c2c(C)cc(O)c(C)c2OC)c(C)c1O. The van der Waals surface area contributed by atoms with E-state index in [9.17, 15) is 19.8 Å². The number of ether oxygens (including phenoxy) is 3. The van der Waals surface area contributed by atoms with Crippen molar-refractivity contribution in [2.24, 2.45) is 0 Å². The highest BCUT2D eigenvalue weighted by atomic mass is 16.5. The van der Waals surface area contributed by atoms with Crippen molar-refractivity contribution in [2.45, 2.75) is 27.7 Å². The van der Waals surface area contributed by atoms with E-state index in [1.807, 2.05) is 0 Å². The molecule has 2 aromatic carbocycles. The van der Waals surface area contributed by atoms with Crippen LogP contribution in [0.15, 0.2) is 12.1 Å². The standard InChI is InChI=1S/C20H22O7/c1-9-7-13(21)11(3)18(25-5)16(9)20(24)27-14-8-10(2)15(19(23)26-6)17(22)12(14)4/h7-8,21-22H,1-6H3. The number of aryl methyl sites for hydroxylation is 2. The van der Waals surface area contributed by atoms with E-state index in [4.69, 9.17) is 9.47 Å².